The topological polar surface area (TPSA) is 130 Å². The maximum atomic E-state index is 14.4. The molecule has 0 saturated carbocycles. The fourth-order valence-corrected chi connectivity index (χ4v) is 8.39. The zero-order valence-electron chi connectivity index (χ0n) is 35.5. The molecule has 2 heterocycles. The Bertz CT molecular complexity index is 1750. The third kappa shape index (κ3) is 13.6. The summed E-state index contributed by atoms with van der Waals surface area (Å²) in [6.45, 7) is 14.9. The van der Waals surface area contributed by atoms with Gasteiger partial charge in [-0.1, -0.05) is 121 Å². The molecule has 4 rings (SSSR count). The number of esters is 1. The quantitative estimate of drug-likeness (QED) is 0.0794. The molecule has 1 fully saturated rings. The molecule has 12 heteroatoms. The molecule has 3 aromatic rings. The van der Waals surface area contributed by atoms with E-state index in [2.05, 4.69) is 36.0 Å². The van der Waals surface area contributed by atoms with Crippen LogP contribution in [0, 0.1) is 17.8 Å². The van der Waals surface area contributed by atoms with Crippen LogP contribution in [-0.4, -0.2) is 89.9 Å². The number of piperidine rings is 1. The minimum Gasteiger partial charge on any atom is -0.461 e. The van der Waals surface area contributed by atoms with Crippen LogP contribution in [0.5, 0.6) is 0 Å². The van der Waals surface area contributed by atoms with Gasteiger partial charge in [0.25, 0.3) is 5.91 Å². The fourth-order valence-electron chi connectivity index (χ4n) is 7.53. The number of nitrogens with zero attached hydrogens (tertiary/aromatic N) is 3. The van der Waals surface area contributed by atoms with E-state index in [4.69, 9.17) is 14.5 Å². The van der Waals surface area contributed by atoms with Crippen LogP contribution in [0.1, 0.15) is 106 Å². The van der Waals surface area contributed by atoms with E-state index in [1.807, 2.05) is 88.6 Å². The van der Waals surface area contributed by atoms with E-state index in [0.29, 0.717) is 30.9 Å². The summed E-state index contributed by atoms with van der Waals surface area (Å²) < 4.78 is 11.9. The van der Waals surface area contributed by atoms with Gasteiger partial charge in [0, 0.05) is 30.9 Å². The molecule has 1 aromatic heterocycles. The second-order valence-electron chi connectivity index (χ2n) is 16.1. The number of benzene rings is 2. The number of nitrogens with one attached hydrogen (secondary N) is 2. The molecule has 0 unspecified atom stereocenters. The van der Waals surface area contributed by atoms with Crippen molar-refractivity contribution in [3.63, 3.8) is 0 Å². The minimum absolute atomic E-state index is 0.0381. The van der Waals surface area contributed by atoms with E-state index in [9.17, 15) is 19.2 Å². The van der Waals surface area contributed by atoms with Crippen molar-refractivity contribution in [2.45, 2.75) is 116 Å². The average molecular weight is 816 g/mol. The molecule has 7 atom stereocenters. The number of amides is 3. The van der Waals surface area contributed by atoms with Crippen LogP contribution in [0.2, 0.25) is 0 Å². The maximum Gasteiger partial charge on any atom is 0.309 e. The Morgan fingerprint density at radius 2 is 1.66 bits per heavy atom. The lowest BCUT2D eigenvalue weighted by Crippen LogP contribution is -2.58. The molecule has 11 nitrogen and oxygen atoms in total. The fraction of sp³-hybridized carbons (Fsp3) is 0.543. The second-order valence-corrected chi connectivity index (χ2v) is 17.0. The molecule has 3 amide bonds. The van der Waals surface area contributed by atoms with Gasteiger partial charge in [0.1, 0.15) is 29.5 Å². The summed E-state index contributed by atoms with van der Waals surface area (Å²) in [7, 11) is 3.79. The monoisotopic (exact) mass is 815 g/mol. The van der Waals surface area contributed by atoms with Crippen molar-refractivity contribution >= 4 is 35.0 Å². The lowest BCUT2D eigenvalue weighted by Gasteiger charge is -2.38. The van der Waals surface area contributed by atoms with Gasteiger partial charge in [-0.15, -0.1) is 11.3 Å². The van der Waals surface area contributed by atoms with Gasteiger partial charge in [-0.25, -0.2) is 4.98 Å². The molecule has 0 radical (unpaired) electrons. The zero-order valence-corrected chi connectivity index (χ0v) is 36.3. The van der Waals surface area contributed by atoms with Crippen molar-refractivity contribution in [3.05, 3.63) is 101 Å². The van der Waals surface area contributed by atoms with E-state index in [0.717, 1.165) is 43.4 Å². The third-order valence-corrected chi connectivity index (χ3v) is 12.2. The van der Waals surface area contributed by atoms with Crippen molar-refractivity contribution < 1.29 is 28.7 Å². The number of hydrogen-bond acceptors (Lipinski definition) is 9. The summed E-state index contributed by atoms with van der Waals surface area (Å²) >= 11 is 1.35. The standard InChI is InChI=1S/C46H65N5O6S/c1-9-25-56-46(55)33(6)26-36(27-34-19-13-11-14-20-34)47-42(52)37-30-58-44(48-37)40(57-29-35-21-15-12-16-22-35)28-39(31(3)4)51(8)45(54)41(32(5)10-2)49-43(53)38-23-17-18-24-50(38)7/h9,11-16,19-22,30-33,36,38-41H,1,10,17-18,23-29H2,2-8H3,(H,47,52)(H,49,53)/t32-,33-,36+,38+,39+,40+,41-/m0/s1. The molecule has 2 aromatic carbocycles. The van der Waals surface area contributed by atoms with Gasteiger partial charge in [0.05, 0.1) is 18.6 Å². The smallest absolute Gasteiger partial charge is 0.309 e. The molecule has 2 N–H and O–H groups in total. The first-order chi connectivity index (χ1) is 27.8. The summed E-state index contributed by atoms with van der Waals surface area (Å²) in [5, 5.41) is 8.66. The summed E-state index contributed by atoms with van der Waals surface area (Å²) in [5.74, 6) is -1.41. The predicted molar refractivity (Wildman–Crippen MR) is 230 cm³/mol. The third-order valence-electron chi connectivity index (χ3n) is 11.3. The van der Waals surface area contributed by atoms with Crippen LogP contribution in [0.4, 0.5) is 0 Å². The number of likely N-dealkylation sites (tertiary alicyclic amines) is 1. The SMILES string of the molecule is C=CCOC(=O)[C@@H](C)C[C@H](Cc1ccccc1)NC(=O)c1csc([C@@H](C[C@H](C(C)C)N(C)C(=O)[C@@H](NC(=O)[C@H]2CCCCN2C)[C@@H](C)CC)OCc2ccccc2)n1. The molecule has 0 bridgehead atoms. The van der Waals surface area contributed by atoms with Crippen LogP contribution in [0.15, 0.2) is 78.7 Å². The predicted octanol–water partition coefficient (Wildman–Crippen LogP) is 7.39. The van der Waals surface area contributed by atoms with E-state index < -0.39 is 18.1 Å². The highest BCUT2D eigenvalue weighted by Crippen LogP contribution is 2.32. The van der Waals surface area contributed by atoms with Gasteiger partial charge in [-0.2, -0.15) is 0 Å². The molecule has 58 heavy (non-hydrogen) atoms. The van der Waals surface area contributed by atoms with Crippen LogP contribution in [0.25, 0.3) is 0 Å². The van der Waals surface area contributed by atoms with Gasteiger partial charge < -0.3 is 25.0 Å². The molecule has 0 aliphatic carbocycles. The number of hydrogen-bond donors (Lipinski definition) is 2. The van der Waals surface area contributed by atoms with E-state index in [1.54, 1.807) is 17.2 Å². The number of ether oxygens (including phenoxy) is 2. The van der Waals surface area contributed by atoms with Crippen LogP contribution in [0.3, 0.4) is 0 Å². The van der Waals surface area contributed by atoms with Gasteiger partial charge in [0.15, 0.2) is 0 Å². The Balaban J connectivity index is 1.57. The first kappa shape index (κ1) is 46.3. The molecule has 316 valence electrons. The van der Waals surface area contributed by atoms with Gasteiger partial charge in [-0.05, 0) is 62.2 Å². The lowest BCUT2D eigenvalue weighted by molar-refractivity contribution is -0.147. The summed E-state index contributed by atoms with van der Waals surface area (Å²) in [6.07, 6.45) is 5.88. The molecule has 0 spiro atoms. The van der Waals surface area contributed by atoms with Crippen LogP contribution in [-0.2, 0) is 36.9 Å². The average Bonchev–Trinajstić information content (AvgIpc) is 3.72. The number of likely N-dealkylation sites (N-methyl/N-ethyl adjacent to an activating group) is 2. The van der Waals surface area contributed by atoms with Crippen molar-refractivity contribution in [3.8, 4) is 0 Å². The van der Waals surface area contributed by atoms with Crippen molar-refractivity contribution in [1.82, 2.24) is 25.4 Å². The normalized spacial score (nSPS) is 17.6. The number of thiazole rings is 1. The number of rotatable bonds is 22. The largest absolute Gasteiger partial charge is 0.461 e. The van der Waals surface area contributed by atoms with Crippen molar-refractivity contribution in [2.75, 3.05) is 27.2 Å². The Hall–Kier alpha value is -4.39. The maximum absolute atomic E-state index is 14.4. The van der Waals surface area contributed by atoms with E-state index in [1.165, 1.54) is 17.4 Å². The van der Waals surface area contributed by atoms with Gasteiger partial charge in [0.2, 0.25) is 11.8 Å². The molecular formula is C46H65N5O6S. The van der Waals surface area contributed by atoms with Crippen LogP contribution < -0.4 is 10.6 Å². The Morgan fingerprint density at radius 1 is 0.983 bits per heavy atom. The first-order valence-corrected chi connectivity index (χ1v) is 21.7. The van der Waals surface area contributed by atoms with Gasteiger partial charge in [-0.3, -0.25) is 24.1 Å². The first-order valence-electron chi connectivity index (χ1n) is 20.8. The Kier molecular flexibility index (Phi) is 18.6. The van der Waals surface area contributed by atoms with Crippen LogP contribution >= 0.6 is 11.3 Å². The Labute approximate surface area is 350 Å². The van der Waals surface area contributed by atoms with Crippen molar-refractivity contribution in [2.24, 2.45) is 17.8 Å². The summed E-state index contributed by atoms with van der Waals surface area (Å²) in [5.41, 5.74) is 2.28. The number of carbonyl (C=O) groups is 4. The van der Waals surface area contributed by atoms with Gasteiger partial charge >= 0.3 is 5.97 Å². The highest BCUT2D eigenvalue weighted by molar-refractivity contribution is 7.09. The zero-order chi connectivity index (χ0) is 42.2. The minimum atomic E-state index is -0.673. The highest BCUT2D eigenvalue weighted by Gasteiger charge is 2.37. The molecule has 1 aliphatic rings. The molecular weight excluding hydrogens is 751 g/mol. The summed E-state index contributed by atoms with van der Waals surface area (Å²) in [4.78, 5) is 63.3. The second kappa shape index (κ2) is 23.3. The molecule has 1 aliphatic heterocycles. The highest BCUT2D eigenvalue weighted by atomic mass is 32.1. The number of aromatic nitrogens is 1. The van der Waals surface area contributed by atoms with E-state index in [-0.39, 0.29) is 66.0 Å². The molecule has 1 saturated heterocycles. The summed E-state index contributed by atoms with van der Waals surface area (Å²) in [6, 6.07) is 18.2. The lowest BCUT2D eigenvalue weighted by atomic mass is 9.92. The van der Waals surface area contributed by atoms with E-state index >= 15 is 0 Å². The number of carbonyl (C=O) groups excluding carboxylic acids is 4. The Morgan fingerprint density at radius 3 is 2.28 bits per heavy atom. The van der Waals surface area contributed by atoms with Crippen molar-refractivity contribution in [1.29, 1.82) is 0 Å².